The summed E-state index contributed by atoms with van der Waals surface area (Å²) in [4.78, 5) is 14.2. The maximum atomic E-state index is 13.1. The summed E-state index contributed by atoms with van der Waals surface area (Å²) in [5.41, 5.74) is 0.465. The van der Waals surface area contributed by atoms with Crippen LogP contribution in [0.25, 0.3) is 0 Å². The molecular weight excluding hydrogens is 245 g/mol. The first-order valence-corrected chi connectivity index (χ1v) is 6.51. The van der Waals surface area contributed by atoms with Gasteiger partial charge in [0.25, 0.3) is 0 Å². The maximum Gasteiger partial charge on any atom is 0.313 e. The lowest BCUT2D eigenvalue weighted by atomic mass is 9.62. The maximum absolute atomic E-state index is 13.1. The highest BCUT2D eigenvalue weighted by Crippen LogP contribution is 2.53. The summed E-state index contributed by atoms with van der Waals surface area (Å²) in [6.07, 6.45) is 2.67. The largest absolute Gasteiger partial charge is 0.469 e. The molecule has 1 atom stereocenters. The van der Waals surface area contributed by atoms with Gasteiger partial charge in [-0.05, 0) is 44.6 Å². The number of rotatable bonds is 4. The summed E-state index contributed by atoms with van der Waals surface area (Å²) >= 11 is 0. The van der Waals surface area contributed by atoms with Gasteiger partial charge in [0.15, 0.2) is 0 Å². The van der Waals surface area contributed by atoms with E-state index in [1.165, 1.54) is 19.2 Å². The van der Waals surface area contributed by atoms with Gasteiger partial charge < -0.3 is 9.64 Å². The van der Waals surface area contributed by atoms with Gasteiger partial charge in [0.05, 0.1) is 18.6 Å². The second kappa shape index (κ2) is 5.29. The summed E-state index contributed by atoms with van der Waals surface area (Å²) in [5.74, 6) is -0.427. The number of methoxy groups -OCH3 is 1. The molecule has 0 amide bonds. The number of halogens is 1. The van der Waals surface area contributed by atoms with Crippen molar-refractivity contribution in [3.05, 3.63) is 35.6 Å². The van der Waals surface area contributed by atoms with Crippen molar-refractivity contribution in [2.45, 2.75) is 25.3 Å². The Balaban J connectivity index is 2.39. The molecule has 0 radical (unpaired) electrons. The van der Waals surface area contributed by atoms with Crippen molar-refractivity contribution >= 4 is 5.97 Å². The highest BCUT2D eigenvalue weighted by molar-refractivity contribution is 5.79. The Labute approximate surface area is 113 Å². The topological polar surface area (TPSA) is 29.5 Å². The van der Waals surface area contributed by atoms with Crippen LogP contribution >= 0.6 is 0 Å². The zero-order valence-corrected chi connectivity index (χ0v) is 11.6. The Kier molecular flexibility index (Phi) is 3.90. The summed E-state index contributed by atoms with van der Waals surface area (Å²) in [7, 11) is 5.31. The van der Waals surface area contributed by atoms with Crippen molar-refractivity contribution in [3.8, 4) is 0 Å². The van der Waals surface area contributed by atoms with E-state index in [-0.39, 0.29) is 17.8 Å². The Morgan fingerprint density at radius 3 is 2.26 bits per heavy atom. The first-order valence-electron chi connectivity index (χ1n) is 6.51. The molecule has 0 aromatic heterocycles. The fourth-order valence-corrected chi connectivity index (χ4v) is 3.11. The number of ether oxygens (including phenoxy) is 1. The van der Waals surface area contributed by atoms with Crippen LogP contribution < -0.4 is 0 Å². The van der Waals surface area contributed by atoms with Crippen molar-refractivity contribution in [2.24, 2.45) is 5.41 Å². The number of nitrogens with zero attached hydrogens (tertiary/aromatic N) is 1. The van der Waals surface area contributed by atoms with E-state index in [0.717, 1.165) is 24.8 Å². The number of carbonyl (C=O) groups is 1. The van der Waals surface area contributed by atoms with E-state index in [1.54, 1.807) is 12.1 Å². The summed E-state index contributed by atoms with van der Waals surface area (Å²) in [5, 5.41) is 0. The number of hydrogen-bond donors (Lipinski definition) is 0. The SMILES string of the molecule is COC(=O)C1(C(c2ccc(F)cc2)N(C)C)CCC1. The van der Waals surface area contributed by atoms with Crippen molar-refractivity contribution < 1.29 is 13.9 Å². The van der Waals surface area contributed by atoms with Crippen molar-refractivity contribution in [3.63, 3.8) is 0 Å². The van der Waals surface area contributed by atoms with Gasteiger partial charge in [-0.2, -0.15) is 0 Å². The molecule has 1 aliphatic carbocycles. The Morgan fingerprint density at radius 2 is 1.89 bits per heavy atom. The average Bonchev–Trinajstić information content (AvgIpc) is 2.34. The molecule has 1 unspecified atom stereocenters. The first kappa shape index (κ1) is 14.0. The molecule has 3 nitrogen and oxygen atoms in total. The average molecular weight is 265 g/mol. The van der Waals surface area contributed by atoms with Crippen LogP contribution in [0.5, 0.6) is 0 Å². The third-order valence-corrected chi connectivity index (χ3v) is 4.06. The molecule has 0 N–H and O–H groups in total. The fraction of sp³-hybridized carbons (Fsp3) is 0.533. The molecule has 1 fully saturated rings. The van der Waals surface area contributed by atoms with E-state index >= 15 is 0 Å². The molecule has 1 saturated carbocycles. The van der Waals surface area contributed by atoms with Gasteiger partial charge in [-0.3, -0.25) is 4.79 Å². The molecule has 104 valence electrons. The number of benzene rings is 1. The lowest BCUT2D eigenvalue weighted by molar-refractivity contribution is -0.165. The van der Waals surface area contributed by atoms with E-state index in [2.05, 4.69) is 0 Å². The van der Waals surface area contributed by atoms with Crippen molar-refractivity contribution in [1.82, 2.24) is 4.90 Å². The summed E-state index contributed by atoms with van der Waals surface area (Å²) in [6, 6.07) is 6.31. The van der Waals surface area contributed by atoms with Crippen LogP contribution in [0.4, 0.5) is 4.39 Å². The Hall–Kier alpha value is -1.42. The molecule has 0 aliphatic heterocycles. The molecule has 0 bridgehead atoms. The van der Waals surface area contributed by atoms with Crippen molar-refractivity contribution in [1.29, 1.82) is 0 Å². The smallest absolute Gasteiger partial charge is 0.313 e. The van der Waals surface area contributed by atoms with Crippen LogP contribution in [0.2, 0.25) is 0 Å². The molecule has 1 aromatic carbocycles. The van der Waals surface area contributed by atoms with Gasteiger partial charge in [0, 0.05) is 0 Å². The van der Waals surface area contributed by atoms with Gasteiger partial charge in [0.1, 0.15) is 5.82 Å². The third kappa shape index (κ3) is 2.37. The third-order valence-electron chi connectivity index (χ3n) is 4.06. The quantitative estimate of drug-likeness (QED) is 0.784. The Morgan fingerprint density at radius 1 is 1.32 bits per heavy atom. The Bertz CT molecular complexity index is 452. The second-order valence-electron chi connectivity index (χ2n) is 5.42. The minimum Gasteiger partial charge on any atom is -0.469 e. The highest BCUT2D eigenvalue weighted by atomic mass is 19.1. The van der Waals surface area contributed by atoms with E-state index < -0.39 is 5.41 Å². The lowest BCUT2D eigenvalue weighted by Crippen LogP contribution is -2.48. The van der Waals surface area contributed by atoms with Crippen LogP contribution in [0, 0.1) is 11.2 Å². The number of esters is 1. The number of carbonyl (C=O) groups excluding carboxylic acids is 1. The van der Waals surface area contributed by atoms with Crippen LogP contribution in [0.3, 0.4) is 0 Å². The van der Waals surface area contributed by atoms with E-state index in [4.69, 9.17) is 4.74 Å². The fourth-order valence-electron chi connectivity index (χ4n) is 3.11. The second-order valence-corrected chi connectivity index (χ2v) is 5.42. The van der Waals surface area contributed by atoms with Crippen LogP contribution in [-0.2, 0) is 9.53 Å². The van der Waals surface area contributed by atoms with Gasteiger partial charge in [-0.1, -0.05) is 18.6 Å². The van der Waals surface area contributed by atoms with Gasteiger partial charge in [0.2, 0.25) is 0 Å². The molecule has 2 rings (SSSR count). The standard InChI is InChI=1S/C15H20FNO2/c1-17(2)13(11-5-7-12(16)8-6-11)15(9-4-10-15)14(18)19-3/h5-8,13H,4,9-10H2,1-3H3. The van der Waals surface area contributed by atoms with Crippen LogP contribution in [0.15, 0.2) is 24.3 Å². The molecule has 0 saturated heterocycles. The monoisotopic (exact) mass is 265 g/mol. The van der Waals surface area contributed by atoms with E-state index in [9.17, 15) is 9.18 Å². The van der Waals surface area contributed by atoms with Gasteiger partial charge in [-0.15, -0.1) is 0 Å². The highest BCUT2D eigenvalue weighted by Gasteiger charge is 2.52. The molecule has 1 aliphatic rings. The van der Waals surface area contributed by atoms with Crippen LogP contribution in [0.1, 0.15) is 30.9 Å². The van der Waals surface area contributed by atoms with Gasteiger partial charge >= 0.3 is 5.97 Å². The van der Waals surface area contributed by atoms with Crippen LogP contribution in [-0.4, -0.2) is 32.1 Å². The molecule has 0 spiro atoms. The zero-order chi connectivity index (χ0) is 14.0. The van der Waals surface area contributed by atoms with Crippen molar-refractivity contribution in [2.75, 3.05) is 21.2 Å². The summed E-state index contributed by atoms with van der Waals surface area (Å²) < 4.78 is 18.1. The molecule has 19 heavy (non-hydrogen) atoms. The minimum atomic E-state index is -0.490. The molecule has 1 aromatic rings. The number of hydrogen-bond acceptors (Lipinski definition) is 3. The van der Waals surface area contributed by atoms with Gasteiger partial charge in [-0.25, -0.2) is 4.39 Å². The molecule has 0 heterocycles. The minimum absolute atomic E-state index is 0.0747. The molecular formula is C15H20FNO2. The lowest BCUT2D eigenvalue weighted by Gasteiger charge is -2.47. The zero-order valence-electron chi connectivity index (χ0n) is 11.6. The summed E-state index contributed by atoms with van der Waals surface area (Å²) in [6.45, 7) is 0. The molecule has 4 heteroatoms. The van der Waals surface area contributed by atoms with E-state index in [1.807, 2.05) is 19.0 Å². The van der Waals surface area contributed by atoms with E-state index in [0.29, 0.717) is 0 Å². The first-order chi connectivity index (χ1) is 9.01. The predicted molar refractivity (Wildman–Crippen MR) is 71.1 cm³/mol. The normalized spacial score (nSPS) is 18.8. The predicted octanol–water partition coefficient (Wildman–Crippen LogP) is 2.77.